The summed E-state index contributed by atoms with van der Waals surface area (Å²) in [6, 6.07) is 14.5. The van der Waals surface area contributed by atoms with Crippen LogP contribution in [0.1, 0.15) is 46.9 Å². The predicted octanol–water partition coefficient (Wildman–Crippen LogP) is 4.98. The maximum atomic E-state index is 13.3. The van der Waals surface area contributed by atoms with Crippen molar-refractivity contribution in [2.24, 2.45) is 0 Å². The van der Waals surface area contributed by atoms with Crippen molar-refractivity contribution in [3.05, 3.63) is 71.2 Å². The zero-order valence-corrected chi connectivity index (χ0v) is 14.3. The highest BCUT2D eigenvalue weighted by Gasteiger charge is 2.30. The van der Waals surface area contributed by atoms with Crippen molar-refractivity contribution < 1.29 is 9.18 Å². The minimum atomic E-state index is -0.246. The van der Waals surface area contributed by atoms with Gasteiger partial charge in [0.2, 0.25) is 0 Å². The molecule has 2 heterocycles. The van der Waals surface area contributed by atoms with Crippen molar-refractivity contribution in [1.29, 1.82) is 0 Å². The van der Waals surface area contributed by atoms with E-state index < -0.39 is 0 Å². The number of nitrogens with one attached hydrogen (secondary N) is 1. The van der Waals surface area contributed by atoms with E-state index >= 15 is 0 Å². The van der Waals surface area contributed by atoms with Crippen molar-refractivity contribution in [3.63, 3.8) is 0 Å². The van der Waals surface area contributed by atoms with Crippen LogP contribution in [-0.2, 0) is 0 Å². The number of fused-ring (bicyclic) bond motifs is 1. The molecule has 0 bridgehead atoms. The monoisotopic (exact) mass is 336 g/mol. The fraction of sp³-hybridized carbons (Fsp3) is 0.286. The van der Waals surface area contributed by atoms with Crippen molar-refractivity contribution in [1.82, 2.24) is 9.88 Å². The smallest absolute Gasteiger partial charge is 0.271 e. The summed E-state index contributed by atoms with van der Waals surface area (Å²) in [5.41, 5.74) is 3.64. The lowest BCUT2D eigenvalue weighted by Crippen LogP contribution is -2.39. The molecule has 1 atom stereocenters. The van der Waals surface area contributed by atoms with Gasteiger partial charge >= 0.3 is 0 Å². The van der Waals surface area contributed by atoms with Gasteiger partial charge in [-0.15, -0.1) is 0 Å². The Balaban J connectivity index is 1.71. The maximum Gasteiger partial charge on any atom is 0.271 e. The number of aromatic amines is 1. The SMILES string of the molecule is Cc1c(C(=O)N2CCCCC2c2ccc(F)cc2)[nH]c2ccccc12. The summed E-state index contributed by atoms with van der Waals surface area (Å²) >= 11 is 0. The molecule has 0 radical (unpaired) electrons. The minimum absolute atomic E-state index is 0.00709. The Hall–Kier alpha value is -2.62. The summed E-state index contributed by atoms with van der Waals surface area (Å²) in [5, 5.41) is 1.08. The van der Waals surface area contributed by atoms with E-state index in [9.17, 15) is 9.18 Å². The zero-order chi connectivity index (χ0) is 17.4. The quantitative estimate of drug-likeness (QED) is 0.704. The van der Waals surface area contributed by atoms with Crippen LogP contribution >= 0.6 is 0 Å². The van der Waals surface area contributed by atoms with Gasteiger partial charge in [-0.3, -0.25) is 4.79 Å². The van der Waals surface area contributed by atoms with Crippen LogP contribution in [0, 0.1) is 12.7 Å². The first-order valence-electron chi connectivity index (χ1n) is 8.79. The molecule has 1 saturated heterocycles. The highest BCUT2D eigenvalue weighted by atomic mass is 19.1. The Bertz CT molecular complexity index is 913. The summed E-state index contributed by atoms with van der Waals surface area (Å²) < 4.78 is 13.3. The number of benzene rings is 2. The number of rotatable bonds is 2. The molecule has 1 fully saturated rings. The molecule has 0 saturated carbocycles. The average molecular weight is 336 g/mol. The van der Waals surface area contributed by atoms with Gasteiger partial charge in [0.15, 0.2) is 0 Å². The number of para-hydroxylation sites is 1. The second-order valence-corrected chi connectivity index (χ2v) is 6.73. The number of aromatic nitrogens is 1. The minimum Gasteiger partial charge on any atom is -0.350 e. The van der Waals surface area contributed by atoms with Gasteiger partial charge < -0.3 is 9.88 Å². The fourth-order valence-corrected chi connectivity index (χ4v) is 3.85. The third-order valence-corrected chi connectivity index (χ3v) is 5.20. The van der Waals surface area contributed by atoms with Crippen molar-refractivity contribution in [2.75, 3.05) is 6.54 Å². The van der Waals surface area contributed by atoms with Gasteiger partial charge in [-0.25, -0.2) is 4.39 Å². The highest BCUT2D eigenvalue weighted by Crippen LogP contribution is 2.33. The Morgan fingerprint density at radius 3 is 2.64 bits per heavy atom. The lowest BCUT2D eigenvalue weighted by atomic mass is 9.94. The first-order chi connectivity index (χ1) is 12.1. The summed E-state index contributed by atoms with van der Waals surface area (Å²) in [7, 11) is 0. The maximum absolute atomic E-state index is 13.3. The van der Waals surface area contributed by atoms with Crippen molar-refractivity contribution >= 4 is 16.8 Å². The number of halogens is 1. The molecule has 1 aliphatic heterocycles. The van der Waals surface area contributed by atoms with E-state index in [1.54, 1.807) is 12.1 Å². The molecule has 128 valence electrons. The van der Waals surface area contributed by atoms with Crippen LogP contribution in [0.3, 0.4) is 0 Å². The molecule has 4 heteroatoms. The van der Waals surface area contributed by atoms with E-state index in [1.165, 1.54) is 12.1 Å². The Labute approximate surface area is 146 Å². The molecule has 1 aromatic heterocycles. The van der Waals surface area contributed by atoms with Gasteiger partial charge in [-0.2, -0.15) is 0 Å². The average Bonchev–Trinajstić information content (AvgIpc) is 2.99. The second kappa shape index (κ2) is 6.36. The zero-order valence-electron chi connectivity index (χ0n) is 14.3. The second-order valence-electron chi connectivity index (χ2n) is 6.73. The molecule has 2 aromatic carbocycles. The van der Waals surface area contributed by atoms with Crippen LogP contribution in [0.4, 0.5) is 4.39 Å². The lowest BCUT2D eigenvalue weighted by molar-refractivity contribution is 0.0605. The van der Waals surface area contributed by atoms with E-state index in [-0.39, 0.29) is 17.8 Å². The topological polar surface area (TPSA) is 36.1 Å². The fourth-order valence-electron chi connectivity index (χ4n) is 3.85. The van der Waals surface area contributed by atoms with Gasteiger partial charge in [0.1, 0.15) is 11.5 Å². The molecule has 3 nitrogen and oxygen atoms in total. The normalized spacial score (nSPS) is 17.8. The molecule has 4 rings (SSSR count). The van der Waals surface area contributed by atoms with Crippen LogP contribution in [0.5, 0.6) is 0 Å². The number of H-pyrrole nitrogens is 1. The third kappa shape index (κ3) is 2.82. The first kappa shape index (κ1) is 15.9. The van der Waals surface area contributed by atoms with Gasteiger partial charge in [-0.05, 0) is 55.5 Å². The van der Waals surface area contributed by atoms with Crippen LogP contribution in [-0.4, -0.2) is 22.3 Å². The number of aryl methyl sites for hydroxylation is 1. The standard InChI is InChI=1S/C21H21FN2O/c1-14-17-6-2-3-7-18(17)23-20(14)21(25)24-13-5-4-8-19(24)15-9-11-16(22)12-10-15/h2-3,6-7,9-12,19,23H,4-5,8,13H2,1H3. The lowest BCUT2D eigenvalue weighted by Gasteiger charge is -2.36. The number of carbonyl (C=O) groups is 1. The molecule has 1 amide bonds. The molecule has 3 aromatic rings. The Kier molecular flexibility index (Phi) is 4.04. The summed E-state index contributed by atoms with van der Waals surface area (Å²) in [6.45, 7) is 2.72. The van der Waals surface area contributed by atoms with E-state index in [2.05, 4.69) is 4.98 Å². The largest absolute Gasteiger partial charge is 0.350 e. The molecule has 0 spiro atoms. The molecular weight excluding hydrogens is 315 g/mol. The Morgan fingerprint density at radius 2 is 1.88 bits per heavy atom. The first-order valence-corrected chi connectivity index (χ1v) is 8.79. The summed E-state index contributed by atoms with van der Waals surface area (Å²) in [4.78, 5) is 18.5. The third-order valence-electron chi connectivity index (χ3n) is 5.20. The summed E-state index contributed by atoms with van der Waals surface area (Å²) in [5.74, 6) is -0.216. The molecule has 25 heavy (non-hydrogen) atoms. The van der Waals surface area contributed by atoms with Gasteiger partial charge in [0.05, 0.1) is 6.04 Å². The van der Waals surface area contributed by atoms with E-state index in [4.69, 9.17) is 0 Å². The van der Waals surface area contributed by atoms with E-state index in [0.29, 0.717) is 5.69 Å². The molecular formula is C21H21FN2O. The number of amides is 1. The number of likely N-dealkylation sites (tertiary alicyclic amines) is 1. The number of hydrogen-bond donors (Lipinski definition) is 1. The number of hydrogen-bond acceptors (Lipinski definition) is 1. The number of carbonyl (C=O) groups excluding carboxylic acids is 1. The van der Waals surface area contributed by atoms with Gasteiger partial charge in [-0.1, -0.05) is 30.3 Å². The predicted molar refractivity (Wildman–Crippen MR) is 97.1 cm³/mol. The molecule has 1 N–H and O–H groups in total. The van der Waals surface area contributed by atoms with Crippen molar-refractivity contribution in [3.8, 4) is 0 Å². The molecule has 0 aliphatic carbocycles. The van der Waals surface area contributed by atoms with Crippen LogP contribution in [0.15, 0.2) is 48.5 Å². The van der Waals surface area contributed by atoms with Crippen LogP contribution < -0.4 is 0 Å². The number of nitrogens with zero attached hydrogens (tertiary/aromatic N) is 1. The van der Waals surface area contributed by atoms with Crippen LogP contribution in [0.25, 0.3) is 10.9 Å². The molecule has 1 unspecified atom stereocenters. The number of piperidine rings is 1. The van der Waals surface area contributed by atoms with Gasteiger partial charge in [0, 0.05) is 17.4 Å². The van der Waals surface area contributed by atoms with E-state index in [0.717, 1.165) is 47.8 Å². The highest BCUT2D eigenvalue weighted by molar-refractivity contribution is 6.01. The Morgan fingerprint density at radius 1 is 1.12 bits per heavy atom. The van der Waals surface area contributed by atoms with Crippen molar-refractivity contribution in [2.45, 2.75) is 32.2 Å². The molecule has 1 aliphatic rings. The summed E-state index contributed by atoms with van der Waals surface area (Å²) in [6.07, 6.45) is 3.00. The van der Waals surface area contributed by atoms with Crippen LogP contribution in [0.2, 0.25) is 0 Å². The van der Waals surface area contributed by atoms with E-state index in [1.807, 2.05) is 36.1 Å². The van der Waals surface area contributed by atoms with Gasteiger partial charge in [0.25, 0.3) is 5.91 Å².